The van der Waals surface area contributed by atoms with Crippen molar-refractivity contribution in [1.82, 2.24) is 0 Å². The average Bonchev–Trinajstić information content (AvgIpc) is 2.90. The second kappa shape index (κ2) is 7.45. The maximum absolute atomic E-state index is 12.4. The molecule has 0 heterocycles. The van der Waals surface area contributed by atoms with Crippen molar-refractivity contribution in [2.24, 2.45) is 29.1 Å². The zero-order valence-corrected chi connectivity index (χ0v) is 16.9. The Kier molecular flexibility index (Phi) is 6.18. The molecule has 0 bridgehead atoms. The first-order valence-electron chi connectivity index (χ1n) is 9.78. The molecule has 0 aromatic heterocycles. The van der Waals surface area contributed by atoms with Crippen molar-refractivity contribution in [2.45, 2.75) is 84.8 Å². The van der Waals surface area contributed by atoms with Crippen LogP contribution in [0, 0.1) is 29.1 Å². The van der Waals surface area contributed by atoms with Gasteiger partial charge in [-0.2, -0.15) is 0 Å². The van der Waals surface area contributed by atoms with Gasteiger partial charge in [-0.25, -0.2) is 0 Å². The van der Waals surface area contributed by atoms with Gasteiger partial charge < -0.3 is 9.47 Å². The summed E-state index contributed by atoms with van der Waals surface area (Å²) in [5.74, 6) is 2.30. The summed E-state index contributed by atoms with van der Waals surface area (Å²) in [5.41, 5.74) is 0.0466. The van der Waals surface area contributed by atoms with Gasteiger partial charge in [0.05, 0.1) is 11.7 Å². The van der Waals surface area contributed by atoms with Crippen LogP contribution in [0.15, 0.2) is 0 Å². The fourth-order valence-electron chi connectivity index (χ4n) is 5.45. The Morgan fingerprint density at radius 2 is 1.92 bits per heavy atom. The van der Waals surface area contributed by atoms with Crippen LogP contribution in [0.3, 0.4) is 0 Å². The van der Waals surface area contributed by atoms with Gasteiger partial charge >= 0.3 is 0 Å². The maximum Gasteiger partial charge on any atom is 0.136 e. The first kappa shape index (κ1) is 19.9. The molecule has 2 rings (SSSR count). The smallest absolute Gasteiger partial charge is 0.136 e. The van der Waals surface area contributed by atoms with Crippen LogP contribution in [0.4, 0.5) is 0 Å². The van der Waals surface area contributed by atoms with Crippen molar-refractivity contribution >= 4 is 5.78 Å². The molecule has 0 aromatic carbocycles. The van der Waals surface area contributed by atoms with E-state index in [1.807, 2.05) is 7.11 Å². The molecule has 0 radical (unpaired) electrons. The minimum absolute atomic E-state index is 0.139. The maximum atomic E-state index is 12.4. The Bertz CT molecular complexity index is 444. The highest BCUT2D eigenvalue weighted by Crippen LogP contribution is 2.57. The molecule has 2 aliphatic rings. The van der Waals surface area contributed by atoms with E-state index < -0.39 is 0 Å². The molecule has 0 aromatic rings. The van der Waals surface area contributed by atoms with Crippen LogP contribution in [0.2, 0.25) is 0 Å². The van der Waals surface area contributed by atoms with Gasteiger partial charge in [-0.3, -0.25) is 4.79 Å². The van der Waals surface area contributed by atoms with E-state index in [1.54, 1.807) is 7.11 Å². The van der Waals surface area contributed by atoms with Gasteiger partial charge in [-0.1, -0.05) is 20.8 Å². The molecule has 0 N–H and O–H groups in total. The van der Waals surface area contributed by atoms with Crippen LogP contribution >= 0.6 is 0 Å². The summed E-state index contributed by atoms with van der Waals surface area (Å²) >= 11 is 0. The summed E-state index contributed by atoms with van der Waals surface area (Å²) in [6.07, 6.45) is 6.56. The largest absolute Gasteiger partial charge is 0.381 e. The van der Waals surface area contributed by atoms with Gasteiger partial charge in [0.15, 0.2) is 0 Å². The van der Waals surface area contributed by atoms with Crippen LogP contribution in [-0.4, -0.2) is 31.7 Å². The monoisotopic (exact) mass is 338 g/mol. The molecule has 3 heteroatoms. The summed E-state index contributed by atoms with van der Waals surface area (Å²) in [7, 11) is 3.63. The van der Waals surface area contributed by atoms with Crippen molar-refractivity contribution in [3.05, 3.63) is 0 Å². The molecule has 1 unspecified atom stereocenters. The van der Waals surface area contributed by atoms with Crippen LogP contribution in [0.5, 0.6) is 0 Å². The minimum Gasteiger partial charge on any atom is -0.381 e. The normalized spacial score (nSPS) is 34.7. The Morgan fingerprint density at radius 1 is 1.25 bits per heavy atom. The van der Waals surface area contributed by atoms with Gasteiger partial charge in [0.1, 0.15) is 5.78 Å². The number of carbonyl (C=O) groups excluding carboxylic acids is 1. The zero-order valence-electron chi connectivity index (χ0n) is 16.9. The molecular formula is C21H38O3. The van der Waals surface area contributed by atoms with Gasteiger partial charge in [-0.15, -0.1) is 0 Å². The van der Waals surface area contributed by atoms with Gasteiger partial charge in [0.2, 0.25) is 0 Å². The van der Waals surface area contributed by atoms with Crippen molar-refractivity contribution in [2.75, 3.05) is 14.2 Å². The van der Waals surface area contributed by atoms with Crippen molar-refractivity contribution in [3.8, 4) is 0 Å². The number of ether oxygens (including phenoxy) is 2. The molecular weight excluding hydrogens is 300 g/mol. The van der Waals surface area contributed by atoms with Gasteiger partial charge in [0.25, 0.3) is 0 Å². The third kappa shape index (κ3) is 3.58. The summed E-state index contributed by atoms with van der Waals surface area (Å²) in [4.78, 5) is 12.4. The fraction of sp³-hybridized carbons (Fsp3) is 0.952. The predicted octanol–water partition coefficient (Wildman–Crippen LogP) is 4.87. The summed E-state index contributed by atoms with van der Waals surface area (Å²) in [6.45, 7) is 11.3. The van der Waals surface area contributed by atoms with Crippen molar-refractivity contribution in [3.63, 3.8) is 0 Å². The Balaban J connectivity index is 2.11. The van der Waals surface area contributed by atoms with Crippen LogP contribution in [0.25, 0.3) is 0 Å². The third-order valence-electron chi connectivity index (χ3n) is 7.76. The molecule has 6 atom stereocenters. The Morgan fingerprint density at radius 3 is 2.50 bits per heavy atom. The molecule has 0 amide bonds. The second-order valence-corrected chi connectivity index (χ2v) is 9.14. The quantitative estimate of drug-likeness (QED) is 0.664. The summed E-state index contributed by atoms with van der Waals surface area (Å²) in [6, 6.07) is 0. The SMILES string of the molecule is COC(C[C@@H](C)C(C)(C)OC)[C@@H](C)[C@H]1CC[C@H]2C(=O)CCC[C@]12C. The number of Topliss-reactive ketones (excluding diaryl/α,β-unsaturated/α-hetero) is 1. The van der Waals surface area contributed by atoms with Crippen molar-refractivity contribution in [1.29, 1.82) is 0 Å². The summed E-state index contributed by atoms with van der Waals surface area (Å²) < 4.78 is 11.6. The number of methoxy groups -OCH3 is 2. The second-order valence-electron chi connectivity index (χ2n) is 9.14. The molecule has 2 aliphatic carbocycles. The predicted molar refractivity (Wildman–Crippen MR) is 98.0 cm³/mol. The van der Waals surface area contributed by atoms with Gasteiger partial charge in [-0.05, 0) is 69.1 Å². The lowest BCUT2D eigenvalue weighted by atomic mass is 9.61. The molecule has 2 saturated carbocycles. The van der Waals surface area contributed by atoms with E-state index in [9.17, 15) is 4.79 Å². The van der Waals surface area contributed by atoms with E-state index in [-0.39, 0.29) is 17.1 Å². The van der Waals surface area contributed by atoms with E-state index >= 15 is 0 Å². The number of carbonyl (C=O) groups is 1. The third-order valence-corrected chi connectivity index (χ3v) is 7.76. The first-order valence-corrected chi connectivity index (χ1v) is 9.78. The van der Waals surface area contributed by atoms with E-state index in [0.29, 0.717) is 29.5 Å². The van der Waals surface area contributed by atoms with Crippen LogP contribution in [0.1, 0.15) is 73.1 Å². The standard InChI is InChI=1S/C21H38O3/c1-14(20(3,4)24-7)13-19(23-6)15(2)16-10-11-17-18(22)9-8-12-21(16,17)5/h14-17,19H,8-13H2,1-7H3/t14-,15+,16-,17+,19?,21-/m1/s1. The number of hydrogen-bond acceptors (Lipinski definition) is 3. The molecule has 0 aliphatic heterocycles. The highest BCUT2D eigenvalue weighted by atomic mass is 16.5. The lowest BCUT2D eigenvalue weighted by molar-refractivity contribution is -0.131. The molecule has 24 heavy (non-hydrogen) atoms. The lowest BCUT2D eigenvalue weighted by Crippen LogP contribution is -2.43. The average molecular weight is 339 g/mol. The molecule has 0 spiro atoms. The Labute approximate surface area is 148 Å². The number of ketones is 1. The molecule has 3 nitrogen and oxygen atoms in total. The minimum atomic E-state index is -0.139. The topological polar surface area (TPSA) is 35.5 Å². The number of rotatable bonds is 7. The van der Waals surface area contributed by atoms with E-state index in [0.717, 1.165) is 25.7 Å². The van der Waals surface area contributed by atoms with Crippen molar-refractivity contribution < 1.29 is 14.3 Å². The van der Waals surface area contributed by atoms with E-state index in [2.05, 4.69) is 34.6 Å². The van der Waals surface area contributed by atoms with Crippen LogP contribution < -0.4 is 0 Å². The number of fused-ring (bicyclic) bond motifs is 1. The zero-order chi connectivity index (χ0) is 18.1. The van der Waals surface area contributed by atoms with Crippen LogP contribution in [-0.2, 0) is 14.3 Å². The first-order chi connectivity index (χ1) is 11.2. The Hall–Kier alpha value is -0.410. The summed E-state index contributed by atoms with van der Waals surface area (Å²) in [5, 5.41) is 0. The fourth-order valence-corrected chi connectivity index (χ4v) is 5.45. The number of hydrogen-bond donors (Lipinski definition) is 0. The van der Waals surface area contributed by atoms with Gasteiger partial charge in [0, 0.05) is 26.6 Å². The molecule has 0 saturated heterocycles. The highest BCUT2D eigenvalue weighted by Gasteiger charge is 2.53. The highest BCUT2D eigenvalue weighted by molar-refractivity contribution is 5.83. The lowest BCUT2D eigenvalue weighted by Gasteiger charge is -2.44. The molecule has 2 fully saturated rings. The molecule has 140 valence electrons. The van der Waals surface area contributed by atoms with E-state index in [1.165, 1.54) is 12.8 Å². The van der Waals surface area contributed by atoms with E-state index in [4.69, 9.17) is 9.47 Å².